The number of nitro benzene ring substituents is 1. The first-order chi connectivity index (χ1) is 16.6. The van der Waals surface area contributed by atoms with Crippen LogP contribution in [0.15, 0.2) is 67.0 Å². The Labute approximate surface area is 198 Å². The van der Waals surface area contributed by atoms with Gasteiger partial charge in [0.25, 0.3) is 11.6 Å². The zero-order valence-corrected chi connectivity index (χ0v) is 18.7. The van der Waals surface area contributed by atoms with Crippen molar-refractivity contribution in [3.05, 3.63) is 93.8 Å². The smallest absolute Gasteiger partial charge is 0.270 e. The molecule has 1 amide bonds. The van der Waals surface area contributed by atoms with Crippen LogP contribution >= 0.6 is 0 Å². The van der Waals surface area contributed by atoms with Crippen LogP contribution in [0.25, 0.3) is 11.1 Å². The zero-order chi connectivity index (χ0) is 23.8. The monoisotopic (exact) mass is 455 g/mol. The van der Waals surface area contributed by atoms with Crippen molar-refractivity contribution in [3.8, 4) is 23.0 Å². The highest BCUT2D eigenvalue weighted by molar-refractivity contribution is 5.94. The number of amides is 1. The molecule has 1 aliphatic heterocycles. The SMILES string of the molecule is O=C(NCCN1CCNCC1)c1ccc(C#Cc2cc([N+](=O)[O-])ccc2-c2ccncc2)cc1. The van der Waals surface area contributed by atoms with Crippen molar-refractivity contribution < 1.29 is 9.72 Å². The summed E-state index contributed by atoms with van der Waals surface area (Å²) in [5, 5.41) is 17.5. The van der Waals surface area contributed by atoms with Gasteiger partial charge < -0.3 is 10.6 Å². The van der Waals surface area contributed by atoms with Crippen LogP contribution in [0, 0.1) is 22.0 Å². The Hall–Kier alpha value is -4.06. The molecule has 0 saturated carbocycles. The molecule has 0 aliphatic carbocycles. The molecular weight excluding hydrogens is 430 g/mol. The molecule has 4 rings (SSSR count). The van der Waals surface area contributed by atoms with Crippen molar-refractivity contribution in [2.75, 3.05) is 39.3 Å². The van der Waals surface area contributed by atoms with Gasteiger partial charge in [-0.3, -0.25) is 24.8 Å². The molecule has 1 aliphatic rings. The van der Waals surface area contributed by atoms with Crippen molar-refractivity contribution in [3.63, 3.8) is 0 Å². The minimum atomic E-state index is -0.433. The van der Waals surface area contributed by atoms with Crippen LogP contribution in [-0.2, 0) is 0 Å². The van der Waals surface area contributed by atoms with Crippen LogP contribution in [0.2, 0.25) is 0 Å². The summed E-state index contributed by atoms with van der Waals surface area (Å²) < 4.78 is 0. The lowest BCUT2D eigenvalue weighted by molar-refractivity contribution is -0.384. The Morgan fingerprint density at radius 1 is 1.06 bits per heavy atom. The van der Waals surface area contributed by atoms with Crippen LogP contribution in [-0.4, -0.2) is 60.0 Å². The third-order valence-electron chi connectivity index (χ3n) is 5.62. The molecule has 0 bridgehead atoms. The number of carbonyl (C=O) groups is 1. The maximum absolute atomic E-state index is 12.4. The minimum Gasteiger partial charge on any atom is -0.351 e. The summed E-state index contributed by atoms with van der Waals surface area (Å²) in [4.78, 5) is 29.6. The van der Waals surface area contributed by atoms with E-state index in [0.29, 0.717) is 23.2 Å². The lowest BCUT2D eigenvalue weighted by atomic mass is 10.00. The molecule has 34 heavy (non-hydrogen) atoms. The molecule has 1 aromatic heterocycles. The molecule has 2 aromatic carbocycles. The van der Waals surface area contributed by atoms with E-state index in [1.807, 2.05) is 12.1 Å². The maximum atomic E-state index is 12.4. The van der Waals surface area contributed by atoms with Crippen molar-refractivity contribution in [1.82, 2.24) is 20.5 Å². The van der Waals surface area contributed by atoms with Crippen molar-refractivity contribution in [2.24, 2.45) is 0 Å². The number of nitro groups is 1. The fraction of sp³-hybridized carbons (Fsp3) is 0.231. The van der Waals surface area contributed by atoms with Crippen molar-refractivity contribution in [2.45, 2.75) is 0 Å². The molecule has 2 N–H and O–H groups in total. The van der Waals surface area contributed by atoms with Gasteiger partial charge in [-0.05, 0) is 53.6 Å². The molecule has 0 atom stereocenters. The third kappa shape index (κ3) is 6.04. The van der Waals surface area contributed by atoms with Gasteiger partial charge in [0.15, 0.2) is 0 Å². The molecule has 8 nitrogen and oxygen atoms in total. The molecule has 8 heteroatoms. The lowest BCUT2D eigenvalue weighted by Gasteiger charge is -2.27. The Morgan fingerprint density at radius 3 is 2.50 bits per heavy atom. The topological polar surface area (TPSA) is 100 Å². The van der Waals surface area contributed by atoms with Crippen LogP contribution in [0.1, 0.15) is 21.5 Å². The highest BCUT2D eigenvalue weighted by Crippen LogP contribution is 2.26. The Kier molecular flexibility index (Phi) is 7.60. The van der Waals surface area contributed by atoms with E-state index in [1.165, 1.54) is 12.1 Å². The summed E-state index contributed by atoms with van der Waals surface area (Å²) in [5.74, 6) is 6.00. The number of benzene rings is 2. The van der Waals surface area contributed by atoms with E-state index < -0.39 is 4.92 Å². The van der Waals surface area contributed by atoms with Gasteiger partial charge in [-0.25, -0.2) is 0 Å². The Morgan fingerprint density at radius 2 is 1.79 bits per heavy atom. The van der Waals surface area contributed by atoms with E-state index in [1.54, 1.807) is 42.7 Å². The standard InChI is InChI=1S/C26H25N5O3/c32-26(29-15-18-30-16-13-28-14-17-30)22-4-1-20(2-5-22)3-6-23-19-24(31(33)34)7-8-25(23)21-9-11-27-12-10-21/h1-2,4-5,7-12,19,28H,13-18H2,(H,29,32). The van der Waals surface area contributed by atoms with Gasteiger partial charge in [-0.15, -0.1) is 0 Å². The van der Waals surface area contributed by atoms with Gasteiger partial charge in [0.1, 0.15) is 0 Å². The lowest BCUT2D eigenvalue weighted by Crippen LogP contribution is -2.46. The number of rotatable bonds is 6. The average molecular weight is 456 g/mol. The molecule has 0 radical (unpaired) electrons. The van der Waals surface area contributed by atoms with Crippen molar-refractivity contribution in [1.29, 1.82) is 0 Å². The molecule has 0 spiro atoms. The molecule has 0 unspecified atom stereocenters. The summed E-state index contributed by atoms with van der Waals surface area (Å²) in [6.07, 6.45) is 3.34. The van der Waals surface area contributed by atoms with Gasteiger partial charge in [-0.2, -0.15) is 0 Å². The van der Waals surface area contributed by atoms with Crippen LogP contribution < -0.4 is 10.6 Å². The van der Waals surface area contributed by atoms with Crippen molar-refractivity contribution >= 4 is 11.6 Å². The number of nitrogens with one attached hydrogen (secondary N) is 2. The number of carbonyl (C=O) groups excluding carboxylic acids is 1. The molecule has 172 valence electrons. The van der Waals surface area contributed by atoms with Crippen LogP contribution in [0.3, 0.4) is 0 Å². The second-order valence-corrected chi connectivity index (χ2v) is 7.90. The molecular formula is C26H25N5O3. The van der Waals surface area contributed by atoms with Gasteiger partial charge in [0.05, 0.1) is 4.92 Å². The van der Waals surface area contributed by atoms with Crippen LogP contribution in [0.5, 0.6) is 0 Å². The largest absolute Gasteiger partial charge is 0.351 e. The number of piperazine rings is 1. The number of aromatic nitrogens is 1. The maximum Gasteiger partial charge on any atom is 0.270 e. The second kappa shape index (κ2) is 11.2. The second-order valence-electron chi connectivity index (χ2n) is 7.90. The van der Waals surface area contributed by atoms with E-state index in [4.69, 9.17) is 0 Å². The minimum absolute atomic E-state index is 0.0186. The summed E-state index contributed by atoms with van der Waals surface area (Å²) in [7, 11) is 0. The number of non-ortho nitro benzene ring substituents is 1. The predicted octanol–water partition coefficient (Wildman–Crippen LogP) is 2.69. The fourth-order valence-electron chi connectivity index (χ4n) is 3.74. The molecule has 1 fully saturated rings. The van der Waals surface area contributed by atoms with E-state index in [-0.39, 0.29) is 11.6 Å². The molecule has 2 heterocycles. The highest BCUT2D eigenvalue weighted by Gasteiger charge is 2.12. The Bertz CT molecular complexity index is 1210. The number of pyridine rings is 1. The first-order valence-electron chi connectivity index (χ1n) is 11.1. The van der Waals surface area contributed by atoms with E-state index in [9.17, 15) is 14.9 Å². The summed E-state index contributed by atoms with van der Waals surface area (Å²) >= 11 is 0. The fourth-order valence-corrected chi connectivity index (χ4v) is 3.74. The predicted molar refractivity (Wildman–Crippen MR) is 130 cm³/mol. The average Bonchev–Trinajstić information content (AvgIpc) is 2.88. The van der Waals surface area contributed by atoms with Crippen LogP contribution in [0.4, 0.5) is 5.69 Å². The van der Waals surface area contributed by atoms with Gasteiger partial charge >= 0.3 is 0 Å². The third-order valence-corrected chi connectivity index (χ3v) is 5.62. The van der Waals surface area contributed by atoms with Gasteiger partial charge in [0.2, 0.25) is 0 Å². The summed E-state index contributed by atoms with van der Waals surface area (Å²) in [6, 6.07) is 15.3. The Balaban J connectivity index is 1.45. The van der Waals surface area contributed by atoms with Gasteiger partial charge in [-0.1, -0.05) is 11.8 Å². The zero-order valence-electron chi connectivity index (χ0n) is 18.7. The number of hydrogen-bond donors (Lipinski definition) is 2. The molecule has 3 aromatic rings. The highest BCUT2D eigenvalue weighted by atomic mass is 16.6. The van der Waals surface area contributed by atoms with E-state index in [2.05, 4.69) is 32.4 Å². The molecule has 1 saturated heterocycles. The number of hydrogen-bond acceptors (Lipinski definition) is 6. The quantitative estimate of drug-likeness (QED) is 0.337. The van der Waals surface area contributed by atoms with E-state index >= 15 is 0 Å². The van der Waals surface area contributed by atoms with Gasteiger partial charge in [0, 0.05) is 80.5 Å². The number of nitrogens with zero attached hydrogens (tertiary/aromatic N) is 3. The normalized spacial score (nSPS) is 13.5. The first-order valence-corrected chi connectivity index (χ1v) is 11.1. The van der Waals surface area contributed by atoms with E-state index in [0.717, 1.165) is 43.9 Å². The summed E-state index contributed by atoms with van der Waals surface area (Å²) in [5.41, 5.74) is 3.48. The summed E-state index contributed by atoms with van der Waals surface area (Å²) in [6.45, 7) is 5.39. The first kappa shape index (κ1) is 23.1.